The summed E-state index contributed by atoms with van der Waals surface area (Å²) >= 11 is 1.96. The first-order valence-corrected chi connectivity index (χ1v) is 8.98. The minimum atomic E-state index is 0.631. The van der Waals surface area contributed by atoms with Gasteiger partial charge in [-0.25, -0.2) is 0 Å². The molecule has 19 heavy (non-hydrogen) atoms. The highest BCUT2D eigenvalue weighted by Gasteiger charge is 2.01. The fourth-order valence-corrected chi connectivity index (χ4v) is 2.70. The van der Waals surface area contributed by atoms with Gasteiger partial charge in [-0.15, -0.1) is 0 Å². The fourth-order valence-electron chi connectivity index (χ4n) is 2.20. The van der Waals surface area contributed by atoms with Crippen molar-refractivity contribution >= 4 is 11.8 Å². The molecule has 0 bridgehead atoms. The van der Waals surface area contributed by atoms with Gasteiger partial charge >= 0.3 is 0 Å². The lowest BCUT2D eigenvalue weighted by atomic mass is 10.1. The number of rotatable bonds is 11. The molecule has 0 saturated carbocycles. The van der Waals surface area contributed by atoms with Crippen LogP contribution in [0.25, 0.3) is 0 Å². The van der Waals surface area contributed by atoms with Crippen molar-refractivity contribution < 1.29 is 0 Å². The summed E-state index contributed by atoms with van der Waals surface area (Å²) in [6, 6.07) is 11.4. The summed E-state index contributed by atoms with van der Waals surface area (Å²) in [6.45, 7) is 3.48. The average Bonchev–Trinajstić information content (AvgIpc) is 2.45. The van der Waals surface area contributed by atoms with E-state index in [0.29, 0.717) is 6.04 Å². The van der Waals surface area contributed by atoms with Crippen molar-refractivity contribution in [3.8, 4) is 0 Å². The summed E-state index contributed by atoms with van der Waals surface area (Å²) < 4.78 is 0. The van der Waals surface area contributed by atoms with E-state index in [0.717, 1.165) is 0 Å². The van der Waals surface area contributed by atoms with Crippen molar-refractivity contribution in [3.05, 3.63) is 35.9 Å². The number of unbranched alkanes of at least 4 members (excludes halogenated alkanes) is 3. The van der Waals surface area contributed by atoms with E-state index >= 15 is 0 Å². The Bertz CT molecular complexity index is 299. The van der Waals surface area contributed by atoms with Crippen molar-refractivity contribution in [3.63, 3.8) is 0 Å². The van der Waals surface area contributed by atoms with Gasteiger partial charge in [0, 0.05) is 6.04 Å². The Kier molecular flexibility index (Phi) is 9.92. The van der Waals surface area contributed by atoms with Crippen LogP contribution in [0.15, 0.2) is 30.3 Å². The largest absolute Gasteiger partial charge is 0.314 e. The predicted octanol–water partition coefficient (Wildman–Crippen LogP) is 4.52. The SMILES string of the molecule is CSCCCCCCNC(C)CCc1ccccc1. The summed E-state index contributed by atoms with van der Waals surface area (Å²) in [7, 11) is 0. The van der Waals surface area contributed by atoms with Gasteiger partial charge in [0.2, 0.25) is 0 Å². The summed E-state index contributed by atoms with van der Waals surface area (Å²) in [5, 5.41) is 3.64. The zero-order valence-corrected chi connectivity index (χ0v) is 13.3. The molecule has 0 spiro atoms. The summed E-state index contributed by atoms with van der Waals surface area (Å²) in [4.78, 5) is 0. The van der Waals surface area contributed by atoms with E-state index in [1.165, 1.54) is 56.4 Å². The van der Waals surface area contributed by atoms with Crippen LogP contribution in [0.2, 0.25) is 0 Å². The molecule has 0 saturated heterocycles. The molecular formula is C17H29NS. The summed E-state index contributed by atoms with van der Waals surface area (Å²) in [5.74, 6) is 1.32. The van der Waals surface area contributed by atoms with Crippen LogP contribution in [0.3, 0.4) is 0 Å². The maximum absolute atomic E-state index is 3.64. The Hall–Kier alpha value is -0.470. The molecule has 108 valence electrons. The summed E-state index contributed by atoms with van der Waals surface area (Å²) in [6.07, 6.45) is 10.1. The van der Waals surface area contributed by atoms with E-state index in [9.17, 15) is 0 Å². The molecule has 0 aliphatic rings. The van der Waals surface area contributed by atoms with Crippen molar-refractivity contribution in [2.24, 2.45) is 0 Å². The summed E-state index contributed by atoms with van der Waals surface area (Å²) in [5.41, 5.74) is 1.45. The molecule has 1 atom stereocenters. The van der Waals surface area contributed by atoms with Crippen LogP contribution in [0, 0.1) is 0 Å². The zero-order chi connectivity index (χ0) is 13.8. The number of hydrogen-bond donors (Lipinski definition) is 1. The molecule has 0 radical (unpaired) electrons. The maximum atomic E-state index is 3.64. The van der Waals surface area contributed by atoms with Crippen LogP contribution in [0.4, 0.5) is 0 Å². The molecule has 0 aromatic heterocycles. The van der Waals surface area contributed by atoms with E-state index < -0.39 is 0 Å². The van der Waals surface area contributed by atoms with Gasteiger partial charge in [0.25, 0.3) is 0 Å². The monoisotopic (exact) mass is 279 g/mol. The first-order valence-electron chi connectivity index (χ1n) is 7.59. The third-order valence-corrected chi connectivity index (χ3v) is 4.17. The molecule has 1 aromatic carbocycles. The highest BCUT2D eigenvalue weighted by molar-refractivity contribution is 7.98. The lowest BCUT2D eigenvalue weighted by Gasteiger charge is -2.13. The molecule has 1 N–H and O–H groups in total. The van der Waals surface area contributed by atoms with Crippen molar-refractivity contribution in [1.29, 1.82) is 0 Å². The second-order valence-electron chi connectivity index (χ2n) is 5.29. The molecular weight excluding hydrogens is 250 g/mol. The minimum absolute atomic E-state index is 0.631. The Morgan fingerprint density at radius 2 is 1.79 bits per heavy atom. The standard InChI is InChI=1S/C17H29NS/c1-16(12-13-17-10-6-5-7-11-17)18-14-8-3-4-9-15-19-2/h5-7,10-11,16,18H,3-4,8-9,12-15H2,1-2H3. The topological polar surface area (TPSA) is 12.0 Å². The van der Waals surface area contributed by atoms with Gasteiger partial charge in [0.15, 0.2) is 0 Å². The second kappa shape index (κ2) is 11.4. The molecule has 1 nitrogen and oxygen atoms in total. The molecule has 1 aromatic rings. The van der Waals surface area contributed by atoms with Crippen LogP contribution in [-0.4, -0.2) is 24.6 Å². The molecule has 2 heteroatoms. The van der Waals surface area contributed by atoms with Gasteiger partial charge < -0.3 is 5.32 Å². The van der Waals surface area contributed by atoms with E-state index in [1.54, 1.807) is 0 Å². The van der Waals surface area contributed by atoms with Crippen LogP contribution in [0.1, 0.15) is 44.6 Å². The van der Waals surface area contributed by atoms with Crippen molar-refractivity contribution in [1.82, 2.24) is 5.32 Å². The number of aryl methyl sites for hydroxylation is 1. The Balaban J connectivity index is 1.95. The minimum Gasteiger partial charge on any atom is -0.314 e. The van der Waals surface area contributed by atoms with Crippen molar-refractivity contribution in [2.75, 3.05) is 18.6 Å². The number of thioether (sulfide) groups is 1. The highest BCUT2D eigenvalue weighted by atomic mass is 32.2. The number of hydrogen-bond acceptors (Lipinski definition) is 2. The van der Waals surface area contributed by atoms with Crippen LogP contribution >= 0.6 is 11.8 Å². The third-order valence-electron chi connectivity index (χ3n) is 3.48. The van der Waals surface area contributed by atoms with Crippen LogP contribution < -0.4 is 5.32 Å². The maximum Gasteiger partial charge on any atom is 0.00418 e. The van der Waals surface area contributed by atoms with Gasteiger partial charge in [0.1, 0.15) is 0 Å². The van der Waals surface area contributed by atoms with Gasteiger partial charge in [-0.2, -0.15) is 11.8 Å². The molecule has 0 amide bonds. The molecule has 0 heterocycles. The molecule has 0 aliphatic heterocycles. The van der Waals surface area contributed by atoms with E-state index in [2.05, 4.69) is 48.8 Å². The Morgan fingerprint density at radius 3 is 2.53 bits per heavy atom. The normalized spacial score (nSPS) is 12.5. The van der Waals surface area contributed by atoms with Crippen molar-refractivity contribution in [2.45, 2.75) is 51.5 Å². The highest BCUT2D eigenvalue weighted by Crippen LogP contribution is 2.06. The zero-order valence-electron chi connectivity index (χ0n) is 12.5. The third kappa shape index (κ3) is 9.12. The van der Waals surface area contributed by atoms with E-state index in [4.69, 9.17) is 0 Å². The van der Waals surface area contributed by atoms with Gasteiger partial charge in [-0.3, -0.25) is 0 Å². The predicted molar refractivity (Wildman–Crippen MR) is 89.1 cm³/mol. The number of benzene rings is 1. The van der Waals surface area contributed by atoms with Gasteiger partial charge in [0.05, 0.1) is 0 Å². The molecule has 0 fully saturated rings. The Morgan fingerprint density at radius 1 is 1.05 bits per heavy atom. The smallest absolute Gasteiger partial charge is 0.00418 e. The lowest BCUT2D eigenvalue weighted by molar-refractivity contribution is 0.495. The van der Waals surface area contributed by atoms with Gasteiger partial charge in [-0.05, 0) is 56.7 Å². The first kappa shape index (κ1) is 16.6. The molecule has 0 aliphatic carbocycles. The molecule has 1 unspecified atom stereocenters. The molecule has 1 rings (SSSR count). The van der Waals surface area contributed by atoms with E-state index in [-0.39, 0.29) is 0 Å². The van der Waals surface area contributed by atoms with E-state index in [1.807, 2.05) is 11.8 Å². The quantitative estimate of drug-likeness (QED) is 0.598. The number of nitrogens with one attached hydrogen (secondary N) is 1. The first-order chi connectivity index (χ1) is 9.33. The van der Waals surface area contributed by atoms with Gasteiger partial charge in [-0.1, -0.05) is 43.2 Å². The fraction of sp³-hybridized carbons (Fsp3) is 0.647. The Labute approximate surface area is 123 Å². The van der Waals surface area contributed by atoms with Crippen LogP contribution in [-0.2, 0) is 6.42 Å². The second-order valence-corrected chi connectivity index (χ2v) is 6.27. The average molecular weight is 279 g/mol. The van der Waals surface area contributed by atoms with Crippen LogP contribution in [0.5, 0.6) is 0 Å². The lowest BCUT2D eigenvalue weighted by Crippen LogP contribution is -2.27.